The first-order chi connectivity index (χ1) is 9.08. The fourth-order valence-corrected chi connectivity index (χ4v) is 2.14. The topological polar surface area (TPSA) is 46.3 Å². The third-order valence-electron chi connectivity index (χ3n) is 2.64. The second kappa shape index (κ2) is 7.88. The molecule has 0 unspecified atom stereocenters. The van der Waals surface area contributed by atoms with Crippen LogP contribution in [-0.2, 0) is 0 Å². The Kier molecular flexibility index (Phi) is 6.48. The number of nitrogens with zero attached hydrogens (tertiary/aromatic N) is 1. The van der Waals surface area contributed by atoms with Gasteiger partial charge in [0, 0.05) is 30.5 Å². The Morgan fingerprint density at radius 3 is 2.79 bits per heavy atom. The lowest BCUT2D eigenvalue weighted by atomic mass is 10.1. The molecular formula is C15H20N2OS. The first-order valence-electron chi connectivity index (χ1n) is 6.13. The van der Waals surface area contributed by atoms with Crippen molar-refractivity contribution < 1.29 is 4.79 Å². The van der Waals surface area contributed by atoms with E-state index >= 15 is 0 Å². The standard InChI is InChI=1S/C15H20N2OS/c1-12-9-13(5-4-6-16)11-14(10-12)15(18)17(2)7-8-19-3/h9-11H,6-8,16H2,1-3H3. The molecule has 0 bridgehead atoms. The van der Waals surface area contributed by atoms with E-state index in [1.54, 1.807) is 16.7 Å². The lowest BCUT2D eigenvalue weighted by Crippen LogP contribution is -2.29. The molecule has 1 aromatic carbocycles. The van der Waals surface area contributed by atoms with Crippen molar-refractivity contribution in [3.05, 3.63) is 34.9 Å². The molecule has 2 N–H and O–H groups in total. The van der Waals surface area contributed by atoms with Gasteiger partial charge in [-0.3, -0.25) is 4.79 Å². The molecule has 0 heterocycles. The second-order valence-electron chi connectivity index (χ2n) is 4.31. The number of benzene rings is 1. The molecule has 0 saturated heterocycles. The van der Waals surface area contributed by atoms with Gasteiger partial charge in [-0.05, 0) is 36.9 Å². The summed E-state index contributed by atoms with van der Waals surface area (Å²) in [6.45, 7) is 3.04. The van der Waals surface area contributed by atoms with Gasteiger partial charge in [0.15, 0.2) is 0 Å². The van der Waals surface area contributed by atoms with Gasteiger partial charge in [-0.1, -0.05) is 11.8 Å². The molecule has 0 aliphatic rings. The van der Waals surface area contributed by atoms with Crippen molar-refractivity contribution in [2.45, 2.75) is 6.92 Å². The van der Waals surface area contributed by atoms with Gasteiger partial charge in [-0.25, -0.2) is 0 Å². The Morgan fingerprint density at radius 2 is 2.16 bits per heavy atom. The van der Waals surface area contributed by atoms with Gasteiger partial charge in [0.1, 0.15) is 0 Å². The Hall–Kier alpha value is -1.44. The predicted octanol–water partition coefficient (Wildman–Crippen LogP) is 1.74. The molecule has 0 spiro atoms. The molecule has 1 amide bonds. The number of hydrogen-bond acceptors (Lipinski definition) is 3. The number of nitrogens with two attached hydrogens (primary N) is 1. The van der Waals surface area contributed by atoms with E-state index in [-0.39, 0.29) is 5.91 Å². The minimum absolute atomic E-state index is 0.0357. The quantitative estimate of drug-likeness (QED) is 0.852. The van der Waals surface area contributed by atoms with E-state index in [0.717, 1.165) is 23.4 Å². The van der Waals surface area contributed by atoms with Crippen molar-refractivity contribution in [3.8, 4) is 11.8 Å². The molecule has 0 atom stereocenters. The SMILES string of the molecule is CSCCN(C)C(=O)c1cc(C)cc(C#CCN)c1. The average molecular weight is 276 g/mol. The van der Waals surface area contributed by atoms with E-state index in [4.69, 9.17) is 5.73 Å². The third-order valence-corrected chi connectivity index (χ3v) is 3.23. The van der Waals surface area contributed by atoms with Crippen LogP contribution in [0.1, 0.15) is 21.5 Å². The van der Waals surface area contributed by atoms with Crippen LogP contribution in [0.5, 0.6) is 0 Å². The van der Waals surface area contributed by atoms with Gasteiger partial charge in [0.05, 0.1) is 6.54 Å². The van der Waals surface area contributed by atoms with E-state index in [2.05, 4.69) is 11.8 Å². The lowest BCUT2D eigenvalue weighted by Gasteiger charge is -2.17. The van der Waals surface area contributed by atoms with E-state index in [0.29, 0.717) is 12.1 Å². The van der Waals surface area contributed by atoms with Crippen molar-refractivity contribution in [1.29, 1.82) is 0 Å². The van der Waals surface area contributed by atoms with Gasteiger partial charge in [0.25, 0.3) is 5.91 Å². The maximum Gasteiger partial charge on any atom is 0.253 e. The third kappa shape index (κ3) is 4.98. The highest BCUT2D eigenvalue weighted by atomic mass is 32.2. The Balaban J connectivity index is 2.93. The van der Waals surface area contributed by atoms with Gasteiger partial charge in [0.2, 0.25) is 0 Å². The molecular weight excluding hydrogens is 256 g/mol. The first-order valence-corrected chi connectivity index (χ1v) is 7.53. The Labute approximate surface area is 119 Å². The number of rotatable bonds is 4. The normalized spacial score (nSPS) is 9.68. The molecule has 1 rings (SSSR count). The molecule has 0 aromatic heterocycles. The summed E-state index contributed by atoms with van der Waals surface area (Å²) in [4.78, 5) is 14.0. The molecule has 4 heteroatoms. The molecule has 1 aromatic rings. The summed E-state index contributed by atoms with van der Waals surface area (Å²) < 4.78 is 0. The zero-order chi connectivity index (χ0) is 14.3. The molecule has 0 radical (unpaired) electrons. The van der Waals surface area contributed by atoms with Crippen LogP contribution in [0.15, 0.2) is 18.2 Å². The maximum atomic E-state index is 12.3. The van der Waals surface area contributed by atoms with Crippen molar-refractivity contribution in [2.24, 2.45) is 5.73 Å². The largest absolute Gasteiger partial charge is 0.341 e. The van der Waals surface area contributed by atoms with Crippen LogP contribution in [0, 0.1) is 18.8 Å². The highest BCUT2D eigenvalue weighted by molar-refractivity contribution is 7.98. The van der Waals surface area contributed by atoms with Crippen LogP contribution in [0.25, 0.3) is 0 Å². The molecule has 3 nitrogen and oxygen atoms in total. The molecule has 0 fully saturated rings. The summed E-state index contributed by atoms with van der Waals surface area (Å²) in [6, 6.07) is 5.68. The van der Waals surface area contributed by atoms with Crippen LogP contribution in [0.3, 0.4) is 0 Å². The summed E-state index contributed by atoms with van der Waals surface area (Å²) in [6.07, 6.45) is 2.03. The van der Waals surface area contributed by atoms with Gasteiger partial charge < -0.3 is 10.6 Å². The summed E-state index contributed by atoms with van der Waals surface area (Å²) >= 11 is 1.73. The highest BCUT2D eigenvalue weighted by Gasteiger charge is 2.12. The molecule has 102 valence electrons. The second-order valence-corrected chi connectivity index (χ2v) is 5.30. The van der Waals surface area contributed by atoms with Crippen molar-refractivity contribution in [2.75, 3.05) is 32.1 Å². The van der Waals surface area contributed by atoms with Gasteiger partial charge in [-0.2, -0.15) is 11.8 Å². The van der Waals surface area contributed by atoms with E-state index in [1.807, 2.05) is 38.4 Å². The lowest BCUT2D eigenvalue weighted by molar-refractivity contribution is 0.0803. The van der Waals surface area contributed by atoms with Crippen molar-refractivity contribution in [1.82, 2.24) is 4.90 Å². The van der Waals surface area contributed by atoms with Crippen LogP contribution >= 0.6 is 11.8 Å². The zero-order valence-electron chi connectivity index (χ0n) is 11.7. The number of amides is 1. The summed E-state index contributed by atoms with van der Waals surface area (Å²) in [5.74, 6) is 6.76. The fraction of sp³-hybridized carbons (Fsp3) is 0.400. The van der Waals surface area contributed by atoms with Crippen molar-refractivity contribution in [3.63, 3.8) is 0 Å². The number of hydrogen-bond donors (Lipinski definition) is 1. The number of carbonyl (C=O) groups excluding carboxylic acids is 1. The van der Waals surface area contributed by atoms with E-state index in [1.165, 1.54) is 0 Å². The summed E-state index contributed by atoms with van der Waals surface area (Å²) in [5.41, 5.74) is 7.92. The van der Waals surface area contributed by atoms with Gasteiger partial charge in [-0.15, -0.1) is 0 Å². The summed E-state index contributed by atoms with van der Waals surface area (Å²) in [7, 11) is 1.83. The molecule has 0 aliphatic carbocycles. The highest BCUT2D eigenvalue weighted by Crippen LogP contribution is 2.11. The molecule has 19 heavy (non-hydrogen) atoms. The van der Waals surface area contributed by atoms with Crippen LogP contribution in [0.4, 0.5) is 0 Å². The summed E-state index contributed by atoms with van der Waals surface area (Å²) in [5, 5.41) is 0. The van der Waals surface area contributed by atoms with E-state index < -0.39 is 0 Å². The van der Waals surface area contributed by atoms with Gasteiger partial charge >= 0.3 is 0 Å². The minimum atomic E-state index is 0.0357. The Bertz CT molecular complexity index is 503. The number of carbonyl (C=O) groups is 1. The van der Waals surface area contributed by atoms with Crippen LogP contribution in [-0.4, -0.2) is 43.0 Å². The number of thioether (sulfide) groups is 1. The monoisotopic (exact) mass is 276 g/mol. The molecule has 0 aliphatic heterocycles. The molecule has 0 saturated carbocycles. The zero-order valence-corrected chi connectivity index (χ0v) is 12.5. The maximum absolute atomic E-state index is 12.3. The number of aryl methyl sites for hydroxylation is 1. The van der Waals surface area contributed by atoms with Crippen LogP contribution < -0.4 is 5.73 Å². The first kappa shape index (κ1) is 15.6. The fourth-order valence-electron chi connectivity index (χ4n) is 1.68. The van der Waals surface area contributed by atoms with Crippen molar-refractivity contribution >= 4 is 17.7 Å². The van der Waals surface area contributed by atoms with E-state index in [9.17, 15) is 4.79 Å². The predicted molar refractivity (Wildman–Crippen MR) is 82.5 cm³/mol. The Morgan fingerprint density at radius 1 is 1.42 bits per heavy atom. The van der Waals surface area contributed by atoms with Crippen LogP contribution in [0.2, 0.25) is 0 Å². The minimum Gasteiger partial charge on any atom is -0.341 e. The average Bonchev–Trinajstić information content (AvgIpc) is 2.41. The smallest absolute Gasteiger partial charge is 0.253 e.